The van der Waals surface area contributed by atoms with Crippen LogP contribution < -0.4 is 0 Å². The first kappa shape index (κ1) is 13.4. The predicted molar refractivity (Wildman–Crippen MR) is 76.4 cm³/mol. The highest BCUT2D eigenvalue weighted by molar-refractivity contribution is 6.30. The number of benzene rings is 2. The van der Waals surface area contributed by atoms with Crippen LogP contribution >= 0.6 is 23.2 Å². The van der Waals surface area contributed by atoms with Crippen LogP contribution in [-0.4, -0.2) is 11.7 Å². The maximum absolute atomic E-state index is 9.52. The predicted octanol–water partition coefficient (Wildman–Crippen LogP) is 4.31. The Kier molecular flexibility index (Phi) is 4.65. The second kappa shape index (κ2) is 6.24. The van der Waals surface area contributed by atoms with Gasteiger partial charge in [0, 0.05) is 16.0 Å². The summed E-state index contributed by atoms with van der Waals surface area (Å²) in [4.78, 5) is 0. The van der Waals surface area contributed by atoms with Crippen LogP contribution in [0, 0.1) is 0 Å². The van der Waals surface area contributed by atoms with Gasteiger partial charge in [-0.2, -0.15) is 0 Å². The smallest absolute Gasteiger partial charge is 0.0502 e. The van der Waals surface area contributed by atoms with Crippen molar-refractivity contribution in [2.24, 2.45) is 0 Å². The average Bonchev–Trinajstić information content (AvgIpc) is 2.36. The number of hydrogen-bond acceptors (Lipinski definition) is 1. The van der Waals surface area contributed by atoms with Crippen molar-refractivity contribution < 1.29 is 5.11 Å². The summed E-state index contributed by atoms with van der Waals surface area (Å²) in [6.07, 6.45) is 0.747. The molecule has 0 saturated carbocycles. The minimum atomic E-state index is 0.0437. The topological polar surface area (TPSA) is 20.2 Å². The van der Waals surface area contributed by atoms with Gasteiger partial charge in [0.05, 0.1) is 6.61 Å². The zero-order valence-electron chi connectivity index (χ0n) is 9.81. The third kappa shape index (κ3) is 3.49. The fourth-order valence-corrected chi connectivity index (χ4v) is 2.41. The van der Waals surface area contributed by atoms with Crippen LogP contribution in [0.15, 0.2) is 48.5 Å². The van der Waals surface area contributed by atoms with Crippen LogP contribution in [0.2, 0.25) is 10.0 Å². The normalized spacial score (nSPS) is 12.4. The zero-order chi connectivity index (χ0) is 13.0. The molecule has 1 N–H and O–H groups in total. The van der Waals surface area contributed by atoms with E-state index in [1.807, 2.05) is 48.5 Å². The van der Waals surface area contributed by atoms with Crippen molar-refractivity contribution in [1.29, 1.82) is 0 Å². The van der Waals surface area contributed by atoms with Gasteiger partial charge in [0.1, 0.15) is 0 Å². The van der Waals surface area contributed by atoms with Gasteiger partial charge in [-0.15, -0.1) is 0 Å². The molecule has 18 heavy (non-hydrogen) atoms. The van der Waals surface area contributed by atoms with E-state index in [9.17, 15) is 5.11 Å². The van der Waals surface area contributed by atoms with E-state index in [1.165, 1.54) is 0 Å². The van der Waals surface area contributed by atoms with E-state index in [2.05, 4.69) is 0 Å². The first-order chi connectivity index (χ1) is 8.69. The van der Waals surface area contributed by atoms with Crippen molar-refractivity contribution in [3.05, 3.63) is 69.7 Å². The maximum atomic E-state index is 9.52. The van der Waals surface area contributed by atoms with Crippen LogP contribution in [0.25, 0.3) is 0 Å². The SMILES string of the molecule is OCC(Cc1cccc(Cl)c1)c1cccc(Cl)c1. The van der Waals surface area contributed by atoms with E-state index < -0.39 is 0 Å². The van der Waals surface area contributed by atoms with E-state index in [4.69, 9.17) is 23.2 Å². The Morgan fingerprint density at radius 3 is 2.22 bits per heavy atom. The molecule has 1 unspecified atom stereocenters. The summed E-state index contributed by atoms with van der Waals surface area (Å²) in [5, 5.41) is 10.9. The molecule has 1 atom stereocenters. The number of rotatable bonds is 4. The molecule has 0 spiro atoms. The lowest BCUT2D eigenvalue weighted by Gasteiger charge is -2.15. The van der Waals surface area contributed by atoms with Crippen molar-refractivity contribution in [1.82, 2.24) is 0 Å². The van der Waals surface area contributed by atoms with E-state index in [1.54, 1.807) is 0 Å². The summed E-state index contributed by atoms with van der Waals surface area (Å²) >= 11 is 11.9. The van der Waals surface area contributed by atoms with Gasteiger partial charge >= 0.3 is 0 Å². The number of halogens is 2. The van der Waals surface area contributed by atoms with Gasteiger partial charge < -0.3 is 5.11 Å². The van der Waals surface area contributed by atoms with Gasteiger partial charge in [0.15, 0.2) is 0 Å². The molecular formula is C15H14Cl2O. The molecule has 2 rings (SSSR count). The van der Waals surface area contributed by atoms with Crippen LogP contribution in [0.3, 0.4) is 0 Å². The molecule has 0 aromatic heterocycles. The Morgan fingerprint density at radius 2 is 1.61 bits per heavy atom. The fraction of sp³-hybridized carbons (Fsp3) is 0.200. The van der Waals surface area contributed by atoms with Gasteiger partial charge in [-0.25, -0.2) is 0 Å². The summed E-state index contributed by atoms with van der Waals surface area (Å²) in [5.41, 5.74) is 2.16. The molecule has 0 heterocycles. The van der Waals surface area contributed by atoms with Crippen molar-refractivity contribution >= 4 is 23.2 Å². The van der Waals surface area contributed by atoms with Crippen molar-refractivity contribution in [2.75, 3.05) is 6.61 Å². The molecule has 1 nitrogen and oxygen atoms in total. The molecule has 0 aliphatic carbocycles. The molecule has 94 valence electrons. The van der Waals surface area contributed by atoms with Crippen LogP contribution in [-0.2, 0) is 6.42 Å². The largest absolute Gasteiger partial charge is 0.396 e. The van der Waals surface area contributed by atoms with Gasteiger partial charge in [-0.05, 0) is 41.8 Å². The lowest BCUT2D eigenvalue weighted by Crippen LogP contribution is -2.07. The zero-order valence-corrected chi connectivity index (χ0v) is 11.3. The summed E-state index contributed by atoms with van der Waals surface area (Å²) in [6, 6.07) is 15.3. The van der Waals surface area contributed by atoms with Gasteiger partial charge in [-0.3, -0.25) is 0 Å². The van der Waals surface area contributed by atoms with E-state index >= 15 is 0 Å². The molecule has 0 fully saturated rings. The molecule has 3 heteroatoms. The Labute approximate surface area is 117 Å². The minimum Gasteiger partial charge on any atom is -0.396 e. The Balaban J connectivity index is 2.19. The highest BCUT2D eigenvalue weighted by Crippen LogP contribution is 2.24. The van der Waals surface area contributed by atoms with Crippen molar-refractivity contribution in [2.45, 2.75) is 12.3 Å². The Bertz CT molecular complexity index is 525. The van der Waals surface area contributed by atoms with Crippen molar-refractivity contribution in [3.8, 4) is 0 Å². The fourth-order valence-electron chi connectivity index (χ4n) is 2.00. The molecular weight excluding hydrogens is 267 g/mol. The standard InChI is InChI=1S/C15H14Cl2O/c16-14-5-1-3-11(8-14)7-13(10-18)12-4-2-6-15(17)9-12/h1-6,8-9,13,18H,7,10H2. The number of aliphatic hydroxyl groups is 1. The molecule has 0 aliphatic rings. The summed E-state index contributed by atoms with van der Waals surface area (Å²) in [6.45, 7) is 0.0901. The van der Waals surface area contributed by atoms with E-state index in [-0.39, 0.29) is 12.5 Å². The summed E-state index contributed by atoms with van der Waals surface area (Å²) in [5.74, 6) is 0.0437. The molecule has 0 radical (unpaired) electrons. The maximum Gasteiger partial charge on any atom is 0.0502 e. The van der Waals surface area contributed by atoms with Crippen molar-refractivity contribution in [3.63, 3.8) is 0 Å². The monoisotopic (exact) mass is 280 g/mol. The van der Waals surface area contributed by atoms with Crippen LogP contribution in [0.4, 0.5) is 0 Å². The molecule has 2 aromatic rings. The Morgan fingerprint density at radius 1 is 0.944 bits per heavy atom. The molecule has 2 aromatic carbocycles. The summed E-state index contributed by atoms with van der Waals surface area (Å²) in [7, 11) is 0. The number of hydrogen-bond donors (Lipinski definition) is 1. The molecule has 0 bridgehead atoms. The molecule has 0 amide bonds. The quantitative estimate of drug-likeness (QED) is 0.885. The minimum absolute atomic E-state index is 0.0437. The first-order valence-corrected chi connectivity index (χ1v) is 6.55. The van der Waals surface area contributed by atoms with Gasteiger partial charge in [-0.1, -0.05) is 47.5 Å². The third-order valence-electron chi connectivity index (χ3n) is 2.91. The molecule has 0 aliphatic heterocycles. The van der Waals surface area contributed by atoms with E-state index in [0.29, 0.717) is 5.02 Å². The summed E-state index contributed by atoms with van der Waals surface area (Å²) < 4.78 is 0. The van der Waals surface area contributed by atoms with Crippen LogP contribution in [0.5, 0.6) is 0 Å². The number of aliphatic hydroxyl groups excluding tert-OH is 1. The Hall–Kier alpha value is -1.02. The second-order valence-electron chi connectivity index (χ2n) is 4.27. The average molecular weight is 281 g/mol. The van der Waals surface area contributed by atoms with Gasteiger partial charge in [0.25, 0.3) is 0 Å². The third-order valence-corrected chi connectivity index (χ3v) is 3.38. The lowest BCUT2D eigenvalue weighted by atomic mass is 9.93. The van der Waals surface area contributed by atoms with Crippen LogP contribution in [0.1, 0.15) is 17.0 Å². The lowest BCUT2D eigenvalue weighted by molar-refractivity contribution is 0.264. The highest BCUT2D eigenvalue weighted by atomic mass is 35.5. The first-order valence-electron chi connectivity index (χ1n) is 5.80. The molecule has 0 saturated heterocycles. The van der Waals surface area contributed by atoms with Gasteiger partial charge in [0.2, 0.25) is 0 Å². The highest BCUT2D eigenvalue weighted by Gasteiger charge is 2.12. The van der Waals surface area contributed by atoms with E-state index in [0.717, 1.165) is 22.6 Å². The second-order valence-corrected chi connectivity index (χ2v) is 5.14.